The number of amides is 2. The van der Waals surface area contributed by atoms with E-state index in [2.05, 4.69) is 15.3 Å². The van der Waals surface area contributed by atoms with E-state index in [9.17, 15) is 9.59 Å². The molecule has 8 nitrogen and oxygen atoms in total. The molecule has 28 heavy (non-hydrogen) atoms. The number of carbonyl (C=O) groups is 2. The maximum Gasteiger partial charge on any atom is 0.263 e. The first kappa shape index (κ1) is 18.5. The summed E-state index contributed by atoms with van der Waals surface area (Å²) in [5.41, 5.74) is 2.36. The van der Waals surface area contributed by atoms with Gasteiger partial charge in [-0.15, -0.1) is 11.3 Å². The molecule has 0 saturated carbocycles. The van der Waals surface area contributed by atoms with E-state index in [4.69, 9.17) is 5.10 Å². The summed E-state index contributed by atoms with van der Waals surface area (Å²) in [7, 11) is 0. The maximum atomic E-state index is 12.8. The lowest BCUT2D eigenvalue weighted by Crippen LogP contribution is -2.27. The van der Waals surface area contributed by atoms with Gasteiger partial charge in [0.15, 0.2) is 5.65 Å². The Bertz CT molecular complexity index is 1030. The second-order valence-corrected chi connectivity index (χ2v) is 8.25. The van der Waals surface area contributed by atoms with Gasteiger partial charge in [0.05, 0.1) is 17.1 Å². The molecule has 1 aliphatic rings. The summed E-state index contributed by atoms with van der Waals surface area (Å²) < 4.78 is 1.79. The van der Waals surface area contributed by atoms with Crippen molar-refractivity contribution in [2.24, 2.45) is 0 Å². The molecule has 0 unspecified atom stereocenters. The van der Waals surface area contributed by atoms with Gasteiger partial charge in [-0.2, -0.15) is 5.10 Å². The first-order valence-corrected chi connectivity index (χ1v) is 10.1. The summed E-state index contributed by atoms with van der Waals surface area (Å²) in [6, 6.07) is 3.87. The molecule has 0 bridgehead atoms. The second kappa shape index (κ2) is 7.67. The number of aromatic nitrogens is 4. The third-order valence-corrected chi connectivity index (χ3v) is 5.89. The van der Waals surface area contributed by atoms with Crippen molar-refractivity contribution in [3.8, 4) is 0 Å². The lowest BCUT2D eigenvalue weighted by atomic mass is 10.0. The highest BCUT2D eigenvalue weighted by Gasteiger charge is 2.32. The fraction of sp³-hybridized carbons (Fsp3) is 0.421. The minimum atomic E-state index is -0.0727. The number of carbonyl (C=O) groups excluding carboxylic acids is 2. The van der Waals surface area contributed by atoms with Gasteiger partial charge in [0.1, 0.15) is 5.52 Å². The lowest BCUT2D eigenvalue weighted by molar-refractivity contribution is -0.118. The van der Waals surface area contributed by atoms with Crippen molar-refractivity contribution >= 4 is 34.3 Å². The fourth-order valence-corrected chi connectivity index (χ4v) is 4.40. The van der Waals surface area contributed by atoms with E-state index in [0.717, 1.165) is 27.4 Å². The van der Waals surface area contributed by atoms with Crippen LogP contribution < -0.4 is 5.32 Å². The summed E-state index contributed by atoms with van der Waals surface area (Å²) in [5.74, 6) is 0.142. The number of nitrogens with one attached hydrogen (secondary N) is 1. The Balaban J connectivity index is 1.54. The van der Waals surface area contributed by atoms with E-state index in [1.807, 2.05) is 24.0 Å². The van der Waals surface area contributed by atoms with E-state index in [-0.39, 0.29) is 17.7 Å². The molecule has 0 aromatic carbocycles. The molecule has 1 N–H and O–H groups in total. The summed E-state index contributed by atoms with van der Waals surface area (Å²) in [4.78, 5) is 36.6. The third-order valence-electron chi connectivity index (χ3n) is 4.91. The van der Waals surface area contributed by atoms with Gasteiger partial charge in [-0.05, 0) is 25.5 Å². The van der Waals surface area contributed by atoms with Crippen molar-refractivity contribution in [2.45, 2.75) is 32.7 Å². The minimum Gasteiger partial charge on any atom is -0.354 e. The van der Waals surface area contributed by atoms with Crippen molar-refractivity contribution in [3.05, 3.63) is 40.0 Å². The Morgan fingerprint density at radius 1 is 1.29 bits per heavy atom. The molecule has 0 spiro atoms. The molecule has 1 saturated heterocycles. The number of aryl methyl sites for hydroxylation is 1. The number of hydrogen-bond donors (Lipinski definition) is 1. The Kier molecular flexibility index (Phi) is 5.08. The van der Waals surface area contributed by atoms with E-state index < -0.39 is 0 Å². The van der Waals surface area contributed by atoms with E-state index in [0.29, 0.717) is 31.8 Å². The van der Waals surface area contributed by atoms with Crippen LogP contribution in [0, 0.1) is 6.92 Å². The molecule has 1 aliphatic heterocycles. The number of likely N-dealkylation sites (tertiary alicyclic amines) is 1. The number of nitrogens with zero attached hydrogens (tertiary/aromatic N) is 5. The fourth-order valence-electron chi connectivity index (χ4n) is 3.57. The van der Waals surface area contributed by atoms with Crippen LogP contribution >= 0.6 is 11.3 Å². The second-order valence-electron chi connectivity index (χ2n) is 6.97. The Labute approximate surface area is 166 Å². The molecular formula is C19H22N6O2S. The molecule has 4 rings (SSSR count). The molecule has 4 heterocycles. The molecule has 3 aromatic heterocycles. The van der Waals surface area contributed by atoms with Crippen LogP contribution in [-0.2, 0) is 11.3 Å². The summed E-state index contributed by atoms with van der Waals surface area (Å²) in [6.45, 7) is 5.84. The number of hydrogen-bond acceptors (Lipinski definition) is 6. The van der Waals surface area contributed by atoms with Crippen LogP contribution in [0.4, 0.5) is 0 Å². The first-order valence-electron chi connectivity index (χ1n) is 9.30. The molecule has 1 fully saturated rings. The van der Waals surface area contributed by atoms with Crippen molar-refractivity contribution in [3.63, 3.8) is 0 Å². The van der Waals surface area contributed by atoms with Crippen LogP contribution in [0.5, 0.6) is 0 Å². The van der Waals surface area contributed by atoms with Crippen molar-refractivity contribution in [2.75, 3.05) is 19.6 Å². The van der Waals surface area contributed by atoms with E-state index in [1.54, 1.807) is 17.1 Å². The molecule has 146 valence electrons. The molecule has 1 atom stereocenters. The van der Waals surface area contributed by atoms with Gasteiger partial charge < -0.3 is 10.2 Å². The molecule has 9 heteroatoms. The Morgan fingerprint density at radius 2 is 2.11 bits per heavy atom. The zero-order valence-corrected chi connectivity index (χ0v) is 16.7. The van der Waals surface area contributed by atoms with Crippen LogP contribution in [0.3, 0.4) is 0 Å². The summed E-state index contributed by atoms with van der Waals surface area (Å²) in [5, 5.41) is 7.52. The zero-order chi connectivity index (χ0) is 19.7. The normalized spacial score (nSPS) is 16.6. The standard InChI is InChI=1S/C19H22N6O2S/c1-12-3-4-15(28-12)19(27)24-9-5-14(11-24)16-17-18(22-7-6-21-17)25(23-16)10-8-20-13(2)26/h3-4,6-7,14H,5,8-11H2,1-2H3,(H,20,26)/t14-/m0/s1. The van der Waals surface area contributed by atoms with Crippen LogP contribution in [-0.4, -0.2) is 56.1 Å². The van der Waals surface area contributed by atoms with Gasteiger partial charge in [0, 0.05) is 49.7 Å². The van der Waals surface area contributed by atoms with Gasteiger partial charge in [-0.3, -0.25) is 9.59 Å². The smallest absolute Gasteiger partial charge is 0.263 e. The molecule has 0 aliphatic carbocycles. The van der Waals surface area contributed by atoms with E-state index in [1.165, 1.54) is 18.3 Å². The van der Waals surface area contributed by atoms with Crippen molar-refractivity contribution in [1.29, 1.82) is 0 Å². The van der Waals surface area contributed by atoms with Gasteiger partial charge in [-0.1, -0.05) is 0 Å². The largest absolute Gasteiger partial charge is 0.354 e. The van der Waals surface area contributed by atoms with Crippen LogP contribution in [0.1, 0.15) is 39.5 Å². The quantitative estimate of drug-likeness (QED) is 0.709. The Hall–Kier alpha value is -2.81. The van der Waals surface area contributed by atoms with Crippen molar-refractivity contribution in [1.82, 2.24) is 30.0 Å². The van der Waals surface area contributed by atoms with Crippen molar-refractivity contribution < 1.29 is 9.59 Å². The third kappa shape index (κ3) is 3.62. The maximum absolute atomic E-state index is 12.8. The molecular weight excluding hydrogens is 376 g/mol. The molecule has 0 radical (unpaired) electrons. The predicted molar refractivity (Wildman–Crippen MR) is 106 cm³/mol. The Morgan fingerprint density at radius 3 is 2.86 bits per heavy atom. The van der Waals surface area contributed by atoms with Gasteiger partial charge >= 0.3 is 0 Å². The number of rotatable bonds is 5. The monoisotopic (exact) mass is 398 g/mol. The topological polar surface area (TPSA) is 93.0 Å². The SMILES string of the molecule is CC(=O)NCCn1nc([C@H]2CCN(C(=O)c3ccc(C)s3)C2)c2nccnc21. The average molecular weight is 398 g/mol. The number of thiophene rings is 1. The highest BCUT2D eigenvalue weighted by Crippen LogP contribution is 2.31. The van der Waals surface area contributed by atoms with Gasteiger partial charge in [0.25, 0.3) is 5.91 Å². The van der Waals surface area contributed by atoms with Gasteiger partial charge in [-0.25, -0.2) is 14.6 Å². The minimum absolute atomic E-state index is 0.0727. The lowest BCUT2D eigenvalue weighted by Gasteiger charge is -2.15. The average Bonchev–Trinajstić information content (AvgIpc) is 3.39. The van der Waals surface area contributed by atoms with Crippen LogP contribution in [0.25, 0.3) is 11.2 Å². The van der Waals surface area contributed by atoms with Gasteiger partial charge in [0.2, 0.25) is 5.91 Å². The van der Waals surface area contributed by atoms with E-state index >= 15 is 0 Å². The zero-order valence-electron chi connectivity index (χ0n) is 15.9. The summed E-state index contributed by atoms with van der Waals surface area (Å²) in [6.07, 6.45) is 4.16. The number of fused-ring (bicyclic) bond motifs is 1. The molecule has 3 aromatic rings. The predicted octanol–water partition coefficient (Wildman–Crippen LogP) is 1.96. The highest BCUT2D eigenvalue weighted by atomic mass is 32.1. The first-order chi connectivity index (χ1) is 13.5. The summed E-state index contributed by atoms with van der Waals surface area (Å²) >= 11 is 1.53. The van der Waals surface area contributed by atoms with Crippen LogP contribution in [0.2, 0.25) is 0 Å². The molecule has 2 amide bonds. The van der Waals surface area contributed by atoms with Crippen LogP contribution in [0.15, 0.2) is 24.5 Å². The highest BCUT2D eigenvalue weighted by molar-refractivity contribution is 7.13.